The Morgan fingerprint density at radius 3 is 2.92 bits per heavy atom. The molecule has 1 atom stereocenters. The van der Waals surface area contributed by atoms with E-state index < -0.39 is 5.54 Å². The number of thiophene rings is 1. The SMILES string of the molecule is CN1C(=N)N[C@](C)(c2cc(Cc3cccc(C#N)c3)cs2)CC1=O. The summed E-state index contributed by atoms with van der Waals surface area (Å²) in [7, 11) is 1.61. The number of carbonyl (C=O) groups excluding carboxylic acids is 1. The maximum Gasteiger partial charge on any atom is 0.231 e. The summed E-state index contributed by atoms with van der Waals surface area (Å²) in [5.41, 5.74) is 2.35. The van der Waals surface area contributed by atoms with Crippen molar-refractivity contribution in [2.45, 2.75) is 25.3 Å². The van der Waals surface area contributed by atoms with E-state index in [9.17, 15) is 4.79 Å². The molecular formula is C18H18N4OS. The van der Waals surface area contributed by atoms with Crippen LogP contribution < -0.4 is 5.32 Å². The van der Waals surface area contributed by atoms with E-state index in [1.54, 1.807) is 24.5 Å². The second-order valence-corrected chi connectivity index (χ2v) is 7.15. The van der Waals surface area contributed by atoms with Gasteiger partial charge in [0.05, 0.1) is 23.6 Å². The molecule has 3 rings (SSSR count). The van der Waals surface area contributed by atoms with Crippen molar-refractivity contribution < 1.29 is 4.79 Å². The third-order valence-corrected chi connectivity index (χ3v) is 5.51. The first-order chi connectivity index (χ1) is 11.4. The molecule has 1 saturated heterocycles. The van der Waals surface area contributed by atoms with Crippen molar-refractivity contribution in [3.05, 3.63) is 57.3 Å². The molecule has 0 radical (unpaired) electrons. The average Bonchev–Trinajstić information content (AvgIpc) is 3.02. The van der Waals surface area contributed by atoms with Gasteiger partial charge in [0.25, 0.3) is 0 Å². The Balaban J connectivity index is 1.81. The van der Waals surface area contributed by atoms with Crippen LogP contribution >= 0.6 is 11.3 Å². The van der Waals surface area contributed by atoms with Crippen molar-refractivity contribution in [2.24, 2.45) is 0 Å². The van der Waals surface area contributed by atoms with Gasteiger partial charge in [-0.25, -0.2) is 0 Å². The third kappa shape index (κ3) is 3.03. The largest absolute Gasteiger partial charge is 0.345 e. The van der Waals surface area contributed by atoms with Gasteiger partial charge in [-0.05, 0) is 48.1 Å². The Bertz CT molecular complexity index is 831. The normalized spacial score (nSPS) is 20.6. The molecule has 0 aliphatic carbocycles. The van der Waals surface area contributed by atoms with E-state index in [0.717, 1.165) is 22.4 Å². The second kappa shape index (κ2) is 6.10. The van der Waals surface area contributed by atoms with Gasteiger partial charge < -0.3 is 5.32 Å². The lowest BCUT2D eigenvalue weighted by molar-refractivity contribution is -0.129. The van der Waals surface area contributed by atoms with Gasteiger partial charge in [-0.2, -0.15) is 5.26 Å². The third-order valence-electron chi connectivity index (χ3n) is 4.27. The zero-order valence-electron chi connectivity index (χ0n) is 13.6. The number of hydrogen-bond acceptors (Lipinski definition) is 4. The summed E-state index contributed by atoms with van der Waals surface area (Å²) in [6, 6.07) is 11.8. The van der Waals surface area contributed by atoms with Gasteiger partial charge in [0.15, 0.2) is 5.96 Å². The highest BCUT2D eigenvalue weighted by atomic mass is 32.1. The number of benzene rings is 1. The van der Waals surface area contributed by atoms with Gasteiger partial charge in [0.1, 0.15) is 0 Å². The monoisotopic (exact) mass is 338 g/mol. The van der Waals surface area contributed by atoms with Gasteiger partial charge >= 0.3 is 0 Å². The van der Waals surface area contributed by atoms with E-state index in [4.69, 9.17) is 10.7 Å². The van der Waals surface area contributed by atoms with Gasteiger partial charge in [-0.1, -0.05) is 12.1 Å². The Morgan fingerprint density at radius 2 is 2.21 bits per heavy atom. The maximum atomic E-state index is 12.1. The van der Waals surface area contributed by atoms with E-state index in [0.29, 0.717) is 12.0 Å². The number of nitrogens with one attached hydrogen (secondary N) is 2. The average molecular weight is 338 g/mol. The van der Waals surface area contributed by atoms with Crippen molar-refractivity contribution in [1.82, 2.24) is 10.2 Å². The molecule has 2 aromatic rings. The smallest absolute Gasteiger partial charge is 0.231 e. The molecule has 6 heteroatoms. The summed E-state index contributed by atoms with van der Waals surface area (Å²) in [5, 5.41) is 22.1. The molecule has 1 aliphatic heterocycles. The quantitative estimate of drug-likeness (QED) is 0.903. The van der Waals surface area contributed by atoms with Crippen LogP contribution in [-0.4, -0.2) is 23.8 Å². The Morgan fingerprint density at radius 1 is 1.42 bits per heavy atom. The molecule has 1 fully saturated rings. The van der Waals surface area contributed by atoms with Crippen molar-refractivity contribution in [3.63, 3.8) is 0 Å². The van der Waals surface area contributed by atoms with Crippen LogP contribution in [0.4, 0.5) is 0 Å². The van der Waals surface area contributed by atoms with Crippen molar-refractivity contribution in [1.29, 1.82) is 10.7 Å². The van der Waals surface area contributed by atoms with Gasteiger partial charge in [-0.15, -0.1) is 11.3 Å². The number of carbonyl (C=O) groups is 1. The number of rotatable bonds is 3. The minimum Gasteiger partial charge on any atom is -0.345 e. The molecule has 1 aromatic carbocycles. The zero-order chi connectivity index (χ0) is 17.3. The Labute approximate surface area is 145 Å². The molecule has 0 spiro atoms. The minimum absolute atomic E-state index is 0.0575. The number of hydrogen-bond donors (Lipinski definition) is 2. The lowest BCUT2D eigenvalue weighted by Gasteiger charge is -2.38. The van der Waals surface area contributed by atoms with E-state index in [-0.39, 0.29) is 11.9 Å². The highest BCUT2D eigenvalue weighted by molar-refractivity contribution is 7.10. The summed E-state index contributed by atoms with van der Waals surface area (Å²) in [5.74, 6) is 0.0725. The first-order valence-corrected chi connectivity index (χ1v) is 8.49. The molecule has 0 unspecified atom stereocenters. The molecular weight excluding hydrogens is 320 g/mol. The summed E-state index contributed by atoms with van der Waals surface area (Å²) in [4.78, 5) is 14.5. The molecule has 2 heterocycles. The molecule has 1 aliphatic rings. The van der Waals surface area contributed by atoms with E-state index in [1.807, 2.05) is 25.1 Å². The van der Waals surface area contributed by atoms with Crippen molar-refractivity contribution in [2.75, 3.05) is 7.05 Å². The standard InChI is InChI=1S/C18H18N4OS/c1-18(9-16(23)22(2)17(20)21-18)15-8-14(11-24-15)7-12-4-3-5-13(6-12)10-19/h3-6,8,11H,7,9H2,1-2H3,(H2,20,21)/t18-/m0/s1. The Kier molecular flexibility index (Phi) is 4.12. The van der Waals surface area contributed by atoms with Crippen LogP contribution in [-0.2, 0) is 16.8 Å². The van der Waals surface area contributed by atoms with Crippen molar-refractivity contribution in [3.8, 4) is 6.07 Å². The molecule has 1 amide bonds. The predicted molar refractivity (Wildman–Crippen MR) is 93.9 cm³/mol. The molecule has 24 heavy (non-hydrogen) atoms. The highest BCUT2D eigenvalue weighted by Gasteiger charge is 2.38. The van der Waals surface area contributed by atoms with Crippen LogP contribution in [0.15, 0.2) is 35.7 Å². The van der Waals surface area contributed by atoms with E-state index in [2.05, 4.69) is 22.8 Å². The second-order valence-electron chi connectivity index (χ2n) is 6.24. The summed E-state index contributed by atoms with van der Waals surface area (Å²) >= 11 is 1.59. The first kappa shape index (κ1) is 16.2. The number of nitrogens with zero attached hydrogens (tertiary/aromatic N) is 2. The fraction of sp³-hybridized carbons (Fsp3) is 0.278. The fourth-order valence-electron chi connectivity index (χ4n) is 2.83. The lowest BCUT2D eigenvalue weighted by atomic mass is 9.92. The number of amides is 1. The van der Waals surface area contributed by atoms with Gasteiger partial charge in [0, 0.05) is 11.9 Å². The molecule has 0 saturated carbocycles. The summed E-state index contributed by atoms with van der Waals surface area (Å²) in [6.45, 7) is 1.96. The molecule has 122 valence electrons. The topological polar surface area (TPSA) is 80.0 Å². The van der Waals surface area contributed by atoms with E-state index in [1.165, 1.54) is 4.90 Å². The summed E-state index contributed by atoms with van der Waals surface area (Å²) in [6.07, 6.45) is 1.07. The lowest BCUT2D eigenvalue weighted by Crippen LogP contribution is -2.57. The molecule has 0 bridgehead atoms. The predicted octanol–water partition coefficient (Wildman–Crippen LogP) is 2.81. The number of guanidine groups is 1. The summed E-state index contributed by atoms with van der Waals surface area (Å²) < 4.78 is 0. The van der Waals surface area contributed by atoms with Crippen molar-refractivity contribution >= 4 is 23.2 Å². The minimum atomic E-state index is -0.544. The van der Waals surface area contributed by atoms with Crippen LogP contribution in [0.2, 0.25) is 0 Å². The Hall–Kier alpha value is -2.65. The maximum absolute atomic E-state index is 12.1. The van der Waals surface area contributed by atoms with Crippen LogP contribution in [0.25, 0.3) is 0 Å². The zero-order valence-corrected chi connectivity index (χ0v) is 14.4. The van der Waals surface area contributed by atoms with Crippen LogP contribution in [0.1, 0.15) is 34.9 Å². The number of nitriles is 1. The van der Waals surface area contributed by atoms with Gasteiger partial charge in [0.2, 0.25) is 5.91 Å². The van der Waals surface area contributed by atoms with Gasteiger partial charge in [-0.3, -0.25) is 15.1 Å². The van der Waals surface area contributed by atoms with Crippen LogP contribution in [0.5, 0.6) is 0 Å². The highest BCUT2D eigenvalue weighted by Crippen LogP contribution is 2.33. The molecule has 2 N–H and O–H groups in total. The van der Waals surface area contributed by atoms with Crippen LogP contribution in [0.3, 0.4) is 0 Å². The fourth-order valence-corrected chi connectivity index (χ4v) is 3.86. The molecule has 5 nitrogen and oxygen atoms in total. The van der Waals surface area contributed by atoms with E-state index >= 15 is 0 Å². The molecule has 1 aromatic heterocycles. The first-order valence-electron chi connectivity index (χ1n) is 7.61. The van der Waals surface area contributed by atoms with Crippen LogP contribution in [0, 0.1) is 16.7 Å².